The third kappa shape index (κ3) is 5.21. The van der Waals surface area contributed by atoms with Gasteiger partial charge >= 0.3 is 0 Å². The van der Waals surface area contributed by atoms with E-state index in [0.29, 0.717) is 19.8 Å². The molecule has 0 spiro atoms. The van der Waals surface area contributed by atoms with Crippen molar-refractivity contribution >= 4 is 55.8 Å². The largest absolute Gasteiger partial charge is 0.382 e. The lowest BCUT2D eigenvalue weighted by molar-refractivity contribution is 0.0673. The first-order valence-electron chi connectivity index (χ1n) is 15.0. The molecule has 224 valence electrons. The summed E-state index contributed by atoms with van der Waals surface area (Å²) in [5, 5.41) is 2.62. The Kier molecular flexibility index (Phi) is 8.44. The summed E-state index contributed by atoms with van der Waals surface area (Å²) in [5.74, 6) is 0. The summed E-state index contributed by atoms with van der Waals surface area (Å²) in [6.45, 7) is 20.9. The van der Waals surface area contributed by atoms with E-state index < -0.39 is 0 Å². The second kappa shape index (κ2) is 12.0. The molecule has 0 aliphatic heterocycles. The number of thiophene rings is 3. The monoisotopic (exact) mass is 627 g/mol. The fourth-order valence-electron chi connectivity index (χ4n) is 6.07. The van der Waals surface area contributed by atoms with E-state index in [2.05, 4.69) is 96.4 Å². The Bertz CT molecular complexity index is 1980. The van der Waals surface area contributed by atoms with Crippen LogP contribution in [0.3, 0.4) is 0 Å². The van der Waals surface area contributed by atoms with Gasteiger partial charge in [0.1, 0.15) is 0 Å². The molecule has 0 atom stereocenters. The molecule has 43 heavy (non-hydrogen) atoms. The zero-order chi connectivity index (χ0) is 30.6. The Morgan fingerprint density at radius 3 is 1.70 bits per heavy atom. The summed E-state index contributed by atoms with van der Waals surface area (Å²) < 4.78 is 13.4. The minimum Gasteiger partial charge on any atom is -0.382 e. The quantitative estimate of drug-likeness (QED) is 0.149. The number of nitrogens with zero attached hydrogens (tertiary/aromatic N) is 1. The van der Waals surface area contributed by atoms with E-state index in [1.807, 2.05) is 34.0 Å². The Balaban J connectivity index is 1.43. The molecule has 0 aliphatic carbocycles. The topological polar surface area (TPSA) is 23.4 Å². The molecule has 3 nitrogen and oxygen atoms in total. The van der Waals surface area contributed by atoms with Crippen LogP contribution in [-0.2, 0) is 16.0 Å². The van der Waals surface area contributed by atoms with Gasteiger partial charge in [0, 0.05) is 64.7 Å². The minimum absolute atomic E-state index is 0.618. The SMILES string of the molecule is COCCOCCn1c2ccc(C)cc2c2cc(-c3sc(-c4sc(-c5sc(C)c(C)c5C)c(C)c4C)c(C)c3C)ccc21. The summed E-state index contributed by atoms with van der Waals surface area (Å²) >= 11 is 5.88. The maximum absolute atomic E-state index is 5.85. The predicted molar refractivity (Wildman–Crippen MR) is 190 cm³/mol. The summed E-state index contributed by atoms with van der Waals surface area (Å²) in [4.78, 5) is 8.52. The maximum atomic E-state index is 5.85. The molecule has 0 unspecified atom stereocenters. The number of hydrogen-bond acceptors (Lipinski definition) is 5. The van der Waals surface area contributed by atoms with Gasteiger partial charge in [-0.1, -0.05) is 17.7 Å². The van der Waals surface area contributed by atoms with Crippen LogP contribution in [0.25, 0.3) is 51.8 Å². The molecule has 0 fully saturated rings. The molecule has 0 aliphatic rings. The Morgan fingerprint density at radius 1 is 0.558 bits per heavy atom. The number of rotatable bonds is 9. The van der Waals surface area contributed by atoms with Crippen molar-refractivity contribution < 1.29 is 9.47 Å². The number of aryl methyl sites for hydroxylation is 2. The third-order valence-corrected chi connectivity index (χ3v) is 13.6. The fraction of sp³-hybridized carbons (Fsp3) is 0.351. The number of benzene rings is 2. The van der Waals surface area contributed by atoms with Crippen molar-refractivity contribution in [1.82, 2.24) is 4.57 Å². The normalized spacial score (nSPS) is 11.9. The smallest absolute Gasteiger partial charge is 0.0701 e. The van der Waals surface area contributed by atoms with Crippen LogP contribution in [0.5, 0.6) is 0 Å². The average Bonchev–Trinajstić information content (AvgIpc) is 3.65. The van der Waals surface area contributed by atoms with Crippen LogP contribution in [0.4, 0.5) is 0 Å². The molecule has 0 radical (unpaired) electrons. The number of hydrogen-bond donors (Lipinski definition) is 0. The molecule has 4 heterocycles. The molecule has 0 amide bonds. The first-order chi connectivity index (χ1) is 20.6. The van der Waals surface area contributed by atoms with Gasteiger partial charge in [-0.2, -0.15) is 0 Å². The van der Waals surface area contributed by atoms with Crippen LogP contribution < -0.4 is 0 Å². The van der Waals surface area contributed by atoms with Crippen LogP contribution in [0, 0.1) is 55.4 Å². The summed E-state index contributed by atoms with van der Waals surface area (Å²) in [6, 6.07) is 13.8. The van der Waals surface area contributed by atoms with Crippen molar-refractivity contribution in [2.75, 3.05) is 26.9 Å². The first kappa shape index (κ1) is 30.3. The van der Waals surface area contributed by atoms with Gasteiger partial charge < -0.3 is 14.0 Å². The highest BCUT2D eigenvalue weighted by atomic mass is 32.1. The zero-order valence-electron chi connectivity index (χ0n) is 26.8. The highest BCUT2D eigenvalue weighted by Crippen LogP contribution is 2.51. The van der Waals surface area contributed by atoms with Gasteiger partial charge in [0.05, 0.1) is 19.8 Å². The van der Waals surface area contributed by atoms with Crippen LogP contribution in [0.1, 0.15) is 43.8 Å². The second-order valence-electron chi connectivity index (χ2n) is 11.8. The lowest BCUT2D eigenvalue weighted by Gasteiger charge is -2.09. The molecular weight excluding hydrogens is 587 g/mol. The number of aromatic nitrogens is 1. The third-order valence-electron chi connectivity index (χ3n) is 9.17. The Hall–Kier alpha value is -2.74. The minimum atomic E-state index is 0.618. The van der Waals surface area contributed by atoms with Gasteiger partial charge in [0.15, 0.2) is 0 Å². The average molecular weight is 628 g/mol. The molecule has 0 N–H and O–H groups in total. The van der Waals surface area contributed by atoms with Gasteiger partial charge in [-0.3, -0.25) is 0 Å². The standard InChI is InChI=1S/C37H41NO2S3/c1-20-10-12-31-29(18-20)30-19-28(11-13-32(30)38(31)14-15-40-17-16-39-9)33-23(4)24(5)36(42-33)37-26(7)25(6)35(43-37)34-22(3)21(2)27(8)41-34/h10-13,18-19H,14-17H2,1-9H3. The Morgan fingerprint density at radius 2 is 1.09 bits per heavy atom. The molecule has 4 aromatic heterocycles. The first-order valence-corrected chi connectivity index (χ1v) is 17.4. The summed E-state index contributed by atoms with van der Waals surface area (Å²) in [7, 11) is 1.71. The summed E-state index contributed by atoms with van der Waals surface area (Å²) in [5.41, 5.74) is 13.6. The van der Waals surface area contributed by atoms with Gasteiger partial charge in [-0.15, -0.1) is 34.0 Å². The van der Waals surface area contributed by atoms with Crippen LogP contribution >= 0.6 is 34.0 Å². The van der Waals surface area contributed by atoms with Gasteiger partial charge in [-0.05, 0) is 119 Å². The summed E-state index contributed by atoms with van der Waals surface area (Å²) in [6.07, 6.45) is 0. The predicted octanol–water partition coefficient (Wildman–Crippen LogP) is 11.1. The molecule has 6 aromatic rings. The van der Waals surface area contributed by atoms with E-state index in [4.69, 9.17) is 9.47 Å². The van der Waals surface area contributed by atoms with Crippen molar-refractivity contribution in [3.05, 3.63) is 80.2 Å². The van der Waals surface area contributed by atoms with E-state index >= 15 is 0 Å². The van der Waals surface area contributed by atoms with Crippen molar-refractivity contribution in [3.63, 3.8) is 0 Å². The van der Waals surface area contributed by atoms with E-state index in [-0.39, 0.29) is 0 Å². The van der Waals surface area contributed by atoms with Crippen molar-refractivity contribution in [2.45, 2.75) is 61.9 Å². The van der Waals surface area contributed by atoms with Crippen LogP contribution in [0.2, 0.25) is 0 Å². The number of methoxy groups -OCH3 is 1. The Labute approximate surface area is 267 Å². The maximum Gasteiger partial charge on any atom is 0.0701 e. The fourth-order valence-corrected chi connectivity index (χ4v) is 10.4. The molecule has 0 bridgehead atoms. The van der Waals surface area contributed by atoms with Crippen LogP contribution in [-0.4, -0.2) is 31.5 Å². The van der Waals surface area contributed by atoms with E-state index in [1.54, 1.807) is 7.11 Å². The highest BCUT2D eigenvalue weighted by Gasteiger charge is 2.23. The lowest BCUT2D eigenvalue weighted by atomic mass is 10.0. The molecule has 0 saturated carbocycles. The van der Waals surface area contributed by atoms with Gasteiger partial charge in [0.2, 0.25) is 0 Å². The van der Waals surface area contributed by atoms with E-state index in [1.165, 1.54) is 95.6 Å². The van der Waals surface area contributed by atoms with Gasteiger partial charge in [-0.25, -0.2) is 0 Å². The lowest BCUT2D eigenvalue weighted by Crippen LogP contribution is -2.09. The van der Waals surface area contributed by atoms with E-state index in [9.17, 15) is 0 Å². The van der Waals surface area contributed by atoms with Crippen molar-refractivity contribution in [3.8, 4) is 29.9 Å². The second-order valence-corrected chi connectivity index (χ2v) is 15.0. The number of ether oxygens (including phenoxy) is 2. The number of fused-ring (bicyclic) bond motifs is 3. The van der Waals surface area contributed by atoms with E-state index in [0.717, 1.165) is 6.54 Å². The van der Waals surface area contributed by atoms with Crippen molar-refractivity contribution in [2.24, 2.45) is 0 Å². The van der Waals surface area contributed by atoms with Crippen LogP contribution in [0.15, 0.2) is 36.4 Å². The van der Waals surface area contributed by atoms with Gasteiger partial charge in [0.25, 0.3) is 0 Å². The highest BCUT2D eigenvalue weighted by molar-refractivity contribution is 7.27. The molecular formula is C37H41NO2S3. The molecule has 6 rings (SSSR count). The molecule has 6 heteroatoms. The molecule has 2 aromatic carbocycles. The zero-order valence-corrected chi connectivity index (χ0v) is 29.2. The molecule has 0 saturated heterocycles. The van der Waals surface area contributed by atoms with Crippen molar-refractivity contribution in [1.29, 1.82) is 0 Å².